The Morgan fingerprint density at radius 3 is 2.92 bits per heavy atom. The summed E-state index contributed by atoms with van der Waals surface area (Å²) in [7, 11) is 0. The molecule has 1 unspecified atom stereocenters. The molecule has 0 amide bonds. The summed E-state index contributed by atoms with van der Waals surface area (Å²) in [5.74, 6) is 0. The molecule has 0 saturated carbocycles. The minimum absolute atomic E-state index is 0.199. The van der Waals surface area contributed by atoms with E-state index in [4.69, 9.17) is 5.11 Å². The Balaban J connectivity index is 2.57. The van der Waals surface area contributed by atoms with Gasteiger partial charge in [-0.05, 0) is 26.2 Å². The molecule has 12 heavy (non-hydrogen) atoms. The monoisotopic (exact) mass is 166 g/mol. The third-order valence-corrected chi connectivity index (χ3v) is 2.39. The van der Waals surface area contributed by atoms with E-state index in [0.717, 1.165) is 19.3 Å². The fourth-order valence-corrected chi connectivity index (χ4v) is 1.80. The first-order valence-electron chi connectivity index (χ1n) is 4.63. The normalized spacial score (nSPS) is 28.8. The Morgan fingerprint density at radius 2 is 2.33 bits per heavy atom. The zero-order valence-corrected chi connectivity index (χ0v) is 8.01. The fourth-order valence-electron chi connectivity index (χ4n) is 1.80. The summed E-state index contributed by atoms with van der Waals surface area (Å²) in [5.41, 5.74) is 1.64. The van der Waals surface area contributed by atoms with Crippen LogP contribution in [-0.2, 0) is 0 Å². The van der Waals surface area contributed by atoms with E-state index in [1.54, 1.807) is 0 Å². The van der Waals surface area contributed by atoms with Crippen LogP contribution in [0.5, 0.6) is 0 Å². The quantitative estimate of drug-likeness (QED) is 0.639. The Bertz CT molecular complexity index is 203. The van der Waals surface area contributed by atoms with E-state index in [2.05, 4.69) is 32.1 Å². The van der Waals surface area contributed by atoms with Crippen LogP contribution in [0.2, 0.25) is 0 Å². The van der Waals surface area contributed by atoms with Gasteiger partial charge < -0.3 is 5.11 Å². The largest absolute Gasteiger partial charge is 0.396 e. The van der Waals surface area contributed by atoms with E-state index in [0.29, 0.717) is 6.61 Å². The van der Waals surface area contributed by atoms with Crippen molar-refractivity contribution in [2.24, 2.45) is 5.41 Å². The van der Waals surface area contributed by atoms with Crippen molar-refractivity contribution >= 4 is 0 Å². The predicted molar refractivity (Wildman–Crippen MR) is 51.9 cm³/mol. The highest BCUT2D eigenvalue weighted by molar-refractivity contribution is 5.21. The second-order valence-electron chi connectivity index (χ2n) is 3.93. The van der Waals surface area contributed by atoms with Gasteiger partial charge in [0.1, 0.15) is 0 Å². The number of rotatable bonds is 3. The van der Waals surface area contributed by atoms with Crippen LogP contribution in [-0.4, -0.2) is 11.7 Å². The summed E-state index contributed by atoms with van der Waals surface area (Å²) in [6.45, 7) is 4.69. The molecule has 0 bridgehead atoms. The highest BCUT2D eigenvalue weighted by Gasteiger charge is 2.19. The highest BCUT2D eigenvalue weighted by atomic mass is 16.2. The molecule has 68 valence electrons. The van der Waals surface area contributed by atoms with E-state index in [9.17, 15) is 0 Å². The first kappa shape index (κ1) is 9.53. The van der Waals surface area contributed by atoms with E-state index in [1.165, 1.54) is 5.57 Å². The lowest BCUT2D eigenvalue weighted by Gasteiger charge is -2.25. The molecule has 1 aliphatic carbocycles. The molecular weight excluding hydrogens is 148 g/mol. The zero-order valence-electron chi connectivity index (χ0n) is 8.01. The lowest BCUT2D eigenvalue weighted by Crippen LogP contribution is -2.13. The van der Waals surface area contributed by atoms with Gasteiger partial charge in [-0.25, -0.2) is 0 Å². The van der Waals surface area contributed by atoms with E-state index >= 15 is 0 Å². The Labute approximate surface area is 74.8 Å². The standard InChI is InChI=1S/C11H18O/c1-10-5-3-6-11(2,9-10)7-4-8-12/h3,6,9,12H,4-5,7-8H2,1-2H3. The Morgan fingerprint density at radius 1 is 1.58 bits per heavy atom. The molecule has 0 spiro atoms. The molecule has 0 aromatic carbocycles. The van der Waals surface area contributed by atoms with Crippen LogP contribution in [0.1, 0.15) is 33.1 Å². The van der Waals surface area contributed by atoms with Crippen molar-refractivity contribution in [2.75, 3.05) is 6.61 Å². The maximum absolute atomic E-state index is 8.73. The molecule has 0 aromatic rings. The van der Waals surface area contributed by atoms with Gasteiger partial charge in [0.15, 0.2) is 0 Å². The van der Waals surface area contributed by atoms with Crippen LogP contribution < -0.4 is 0 Å². The Kier molecular flexibility index (Phi) is 3.10. The first-order valence-corrected chi connectivity index (χ1v) is 4.63. The molecule has 1 aliphatic rings. The van der Waals surface area contributed by atoms with Crippen molar-refractivity contribution in [1.29, 1.82) is 0 Å². The second kappa shape index (κ2) is 3.90. The van der Waals surface area contributed by atoms with Gasteiger partial charge in [0, 0.05) is 12.0 Å². The van der Waals surface area contributed by atoms with Gasteiger partial charge in [-0.15, -0.1) is 0 Å². The summed E-state index contributed by atoms with van der Waals surface area (Å²) in [6, 6.07) is 0. The van der Waals surface area contributed by atoms with Gasteiger partial charge in [0.05, 0.1) is 0 Å². The predicted octanol–water partition coefficient (Wildman–Crippen LogP) is 2.67. The molecule has 1 N–H and O–H groups in total. The lowest BCUT2D eigenvalue weighted by atomic mass is 9.80. The molecule has 0 aliphatic heterocycles. The maximum atomic E-state index is 8.73. The minimum atomic E-state index is 0.199. The number of allylic oxidation sites excluding steroid dienone is 4. The fraction of sp³-hybridized carbons (Fsp3) is 0.636. The molecule has 1 rings (SSSR count). The van der Waals surface area contributed by atoms with E-state index < -0.39 is 0 Å². The van der Waals surface area contributed by atoms with Crippen LogP contribution in [0, 0.1) is 5.41 Å². The molecule has 1 atom stereocenters. The third kappa shape index (κ3) is 2.49. The molecule has 0 aromatic heterocycles. The maximum Gasteiger partial charge on any atom is 0.0431 e. The summed E-state index contributed by atoms with van der Waals surface area (Å²) in [4.78, 5) is 0. The molecular formula is C11H18O. The first-order chi connectivity index (χ1) is 5.66. The average molecular weight is 166 g/mol. The van der Waals surface area contributed by atoms with Crippen LogP contribution >= 0.6 is 0 Å². The SMILES string of the molecule is CC1=CC(C)(CCCO)C=CC1. The van der Waals surface area contributed by atoms with Crippen LogP contribution in [0.15, 0.2) is 23.8 Å². The molecule has 1 heteroatoms. The number of hydrogen-bond acceptors (Lipinski definition) is 1. The Hall–Kier alpha value is -0.560. The van der Waals surface area contributed by atoms with E-state index in [1.807, 2.05) is 0 Å². The van der Waals surface area contributed by atoms with Crippen molar-refractivity contribution in [1.82, 2.24) is 0 Å². The topological polar surface area (TPSA) is 20.2 Å². The summed E-state index contributed by atoms with van der Waals surface area (Å²) < 4.78 is 0. The minimum Gasteiger partial charge on any atom is -0.396 e. The average Bonchev–Trinajstić information content (AvgIpc) is 2.01. The van der Waals surface area contributed by atoms with Crippen molar-refractivity contribution in [2.45, 2.75) is 33.1 Å². The molecule has 0 radical (unpaired) electrons. The van der Waals surface area contributed by atoms with Gasteiger partial charge in [-0.1, -0.05) is 30.7 Å². The number of aliphatic hydroxyl groups is 1. The summed E-state index contributed by atoms with van der Waals surface area (Å²) in [6.07, 6.45) is 9.85. The molecule has 0 fully saturated rings. The van der Waals surface area contributed by atoms with Gasteiger partial charge in [0.2, 0.25) is 0 Å². The molecule has 0 heterocycles. The third-order valence-electron chi connectivity index (χ3n) is 2.39. The van der Waals surface area contributed by atoms with Gasteiger partial charge in [0.25, 0.3) is 0 Å². The number of hydrogen-bond donors (Lipinski definition) is 1. The zero-order chi connectivity index (χ0) is 9.03. The van der Waals surface area contributed by atoms with Crippen LogP contribution in [0.25, 0.3) is 0 Å². The molecule has 1 nitrogen and oxygen atoms in total. The molecule has 0 saturated heterocycles. The van der Waals surface area contributed by atoms with Crippen molar-refractivity contribution in [3.05, 3.63) is 23.8 Å². The highest BCUT2D eigenvalue weighted by Crippen LogP contribution is 2.32. The summed E-state index contributed by atoms with van der Waals surface area (Å²) >= 11 is 0. The van der Waals surface area contributed by atoms with Gasteiger partial charge in [-0.3, -0.25) is 0 Å². The van der Waals surface area contributed by atoms with Crippen molar-refractivity contribution in [3.63, 3.8) is 0 Å². The van der Waals surface area contributed by atoms with E-state index in [-0.39, 0.29) is 5.41 Å². The lowest BCUT2D eigenvalue weighted by molar-refractivity contribution is 0.268. The second-order valence-corrected chi connectivity index (χ2v) is 3.93. The van der Waals surface area contributed by atoms with Crippen molar-refractivity contribution in [3.8, 4) is 0 Å². The smallest absolute Gasteiger partial charge is 0.0431 e. The summed E-state index contributed by atoms with van der Waals surface area (Å²) in [5, 5.41) is 8.73. The van der Waals surface area contributed by atoms with Crippen LogP contribution in [0.4, 0.5) is 0 Å². The van der Waals surface area contributed by atoms with Gasteiger partial charge in [-0.2, -0.15) is 0 Å². The van der Waals surface area contributed by atoms with Crippen LogP contribution in [0.3, 0.4) is 0 Å². The number of aliphatic hydroxyl groups excluding tert-OH is 1. The van der Waals surface area contributed by atoms with Gasteiger partial charge >= 0.3 is 0 Å². The van der Waals surface area contributed by atoms with Crippen molar-refractivity contribution < 1.29 is 5.11 Å².